The van der Waals surface area contributed by atoms with E-state index in [1.807, 2.05) is 36.4 Å². The molecule has 0 aliphatic rings. The minimum atomic E-state index is -1.44. The Morgan fingerprint density at radius 3 is 2.15 bits per heavy atom. The molecule has 0 aliphatic carbocycles. The van der Waals surface area contributed by atoms with Crippen molar-refractivity contribution in [3.63, 3.8) is 0 Å². The normalized spacial score (nSPS) is 10.2. The molecule has 0 atom stereocenters. The molecule has 0 unspecified atom stereocenters. The van der Waals surface area contributed by atoms with Crippen LogP contribution in [-0.2, 0) is 0 Å². The average Bonchev–Trinajstić information content (AvgIpc) is 2.36. The second-order valence-electron chi connectivity index (χ2n) is 5.54. The molecule has 2 rings (SSSR count). The van der Waals surface area contributed by atoms with Gasteiger partial charge in [-0.3, -0.25) is 0 Å². The summed E-state index contributed by atoms with van der Waals surface area (Å²) in [7, 11) is -1.44. The molecule has 0 aromatic heterocycles. The third-order valence-electron chi connectivity index (χ3n) is 2.66. The molecule has 2 aromatic rings. The van der Waals surface area contributed by atoms with Crippen LogP contribution in [0.5, 0.6) is 5.75 Å². The van der Waals surface area contributed by atoms with E-state index in [1.165, 1.54) is 0 Å². The SMILES string of the molecule is C[Si](C)(C)C#Cc1cccc([O-])c1-c1ccccc1.[Na+]. The summed E-state index contributed by atoms with van der Waals surface area (Å²) in [6, 6.07) is 15.0. The Hall–Kier alpha value is -0.983. The van der Waals surface area contributed by atoms with E-state index < -0.39 is 8.07 Å². The Morgan fingerprint density at radius 1 is 0.900 bits per heavy atom. The van der Waals surface area contributed by atoms with Gasteiger partial charge in [0.1, 0.15) is 8.07 Å². The quantitative estimate of drug-likeness (QED) is 0.558. The van der Waals surface area contributed by atoms with Crippen molar-refractivity contribution >= 4 is 8.07 Å². The topological polar surface area (TPSA) is 23.1 Å². The first-order valence-electron chi connectivity index (χ1n) is 6.36. The van der Waals surface area contributed by atoms with Crippen LogP contribution >= 0.6 is 0 Å². The van der Waals surface area contributed by atoms with E-state index in [0.29, 0.717) is 5.56 Å². The van der Waals surface area contributed by atoms with Crippen molar-refractivity contribution in [2.24, 2.45) is 0 Å². The van der Waals surface area contributed by atoms with Gasteiger partial charge in [0, 0.05) is 5.56 Å². The van der Waals surface area contributed by atoms with Crippen molar-refractivity contribution in [3.05, 3.63) is 54.1 Å². The first-order chi connectivity index (χ1) is 8.97. The van der Waals surface area contributed by atoms with Gasteiger partial charge in [0.2, 0.25) is 0 Å². The van der Waals surface area contributed by atoms with Gasteiger partial charge in [-0.2, -0.15) is 0 Å². The summed E-state index contributed by atoms with van der Waals surface area (Å²) < 4.78 is 0. The molecule has 0 saturated heterocycles. The molecule has 0 radical (unpaired) electrons. The Bertz CT molecular complexity index is 634. The number of rotatable bonds is 1. The van der Waals surface area contributed by atoms with Gasteiger partial charge in [0.05, 0.1) is 0 Å². The molecule has 0 saturated carbocycles. The molecule has 20 heavy (non-hydrogen) atoms. The van der Waals surface area contributed by atoms with Crippen LogP contribution in [0.3, 0.4) is 0 Å². The fraction of sp³-hybridized carbons (Fsp3) is 0.176. The van der Waals surface area contributed by atoms with Crippen LogP contribution in [0.2, 0.25) is 19.6 Å². The summed E-state index contributed by atoms with van der Waals surface area (Å²) in [5.41, 5.74) is 5.81. The molecule has 0 spiro atoms. The fourth-order valence-corrected chi connectivity index (χ4v) is 2.30. The summed E-state index contributed by atoms with van der Waals surface area (Å²) in [6.45, 7) is 6.59. The molecule has 0 aliphatic heterocycles. The molecular weight excluding hydrogens is 271 g/mol. The van der Waals surface area contributed by atoms with E-state index in [-0.39, 0.29) is 35.3 Å². The van der Waals surface area contributed by atoms with Gasteiger partial charge in [-0.15, -0.1) is 5.54 Å². The van der Waals surface area contributed by atoms with Gasteiger partial charge in [-0.05, 0) is 17.2 Å². The molecule has 0 amide bonds. The smallest absolute Gasteiger partial charge is 0.872 e. The van der Waals surface area contributed by atoms with E-state index in [4.69, 9.17) is 0 Å². The zero-order valence-corrected chi connectivity index (χ0v) is 15.5. The minimum Gasteiger partial charge on any atom is -0.872 e. The number of hydrogen-bond acceptors (Lipinski definition) is 1. The zero-order chi connectivity index (χ0) is 13.9. The molecule has 0 fully saturated rings. The maximum absolute atomic E-state index is 12.1. The molecule has 2 aromatic carbocycles. The van der Waals surface area contributed by atoms with Crippen LogP contribution in [0.25, 0.3) is 11.1 Å². The van der Waals surface area contributed by atoms with E-state index in [0.717, 1.165) is 11.1 Å². The Labute approximate surface area is 144 Å². The van der Waals surface area contributed by atoms with E-state index >= 15 is 0 Å². The first-order valence-corrected chi connectivity index (χ1v) is 9.86. The van der Waals surface area contributed by atoms with Crippen LogP contribution in [0.15, 0.2) is 48.5 Å². The van der Waals surface area contributed by atoms with Crippen molar-refractivity contribution < 1.29 is 34.7 Å². The zero-order valence-electron chi connectivity index (χ0n) is 12.5. The second kappa shape index (κ2) is 7.15. The molecular formula is C17H17NaOSi. The molecule has 0 N–H and O–H groups in total. The number of hydrogen-bond donors (Lipinski definition) is 0. The predicted molar refractivity (Wildman–Crippen MR) is 81.5 cm³/mol. The van der Waals surface area contributed by atoms with Gasteiger partial charge < -0.3 is 5.11 Å². The molecule has 96 valence electrons. The van der Waals surface area contributed by atoms with Crippen LogP contribution in [0, 0.1) is 11.5 Å². The summed E-state index contributed by atoms with van der Waals surface area (Å²) in [6.07, 6.45) is 0. The average molecular weight is 288 g/mol. The van der Waals surface area contributed by atoms with E-state index in [9.17, 15) is 5.11 Å². The van der Waals surface area contributed by atoms with Crippen molar-refractivity contribution in [2.75, 3.05) is 0 Å². The second-order valence-corrected chi connectivity index (χ2v) is 10.3. The monoisotopic (exact) mass is 288 g/mol. The van der Waals surface area contributed by atoms with Crippen molar-refractivity contribution in [1.29, 1.82) is 0 Å². The van der Waals surface area contributed by atoms with Gasteiger partial charge in [0.15, 0.2) is 0 Å². The van der Waals surface area contributed by atoms with Crippen LogP contribution < -0.4 is 34.7 Å². The van der Waals surface area contributed by atoms with Crippen LogP contribution in [0.4, 0.5) is 0 Å². The Morgan fingerprint density at radius 2 is 1.55 bits per heavy atom. The van der Waals surface area contributed by atoms with Crippen LogP contribution in [0.1, 0.15) is 5.56 Å². The maximum Gasteiger partial charge on any atom is 1.00 e. The van der Waals surface area contributed by atoms with Crippen molar-refractivity contribution in [3.8, 4) is 28.3 Å². The predicted octanol–water partition coefficient (Wildman–Crippen LogP) is 0.660. The molecule has 0 heterocycles. The van der Waals surface area contributed by atoms with Gasteiger partial charge in [0.25, 0.3) is 0 Å². The Kier molecular flexibility index (Phi) is 6.10. The third-order valence-corrected chi connectivity index (χ3v) is 3.54. The van der Waals surface area contributed by atoms with Gasteiger partial charge in [-0.25, -0.2) is 0 Å². The standard InChI is InChI=1S/C17H18OSi.Na/c1-19(2,3)13-12-15-10-7-11-16(18)17(15)14-8-5-4-6-9-14;/h4-11,18H,1-3H3;/q;+1/p-1. The Balaban J connectivity index is 0.00000200. The molecule has 1 nitrogen and oxygen atoms in total. The summed E-state index contributed by atoms with van der Waals surface area (Å²) in [4.78, 5) is 0. The molecule has 0 bridgehead atoms. The first kappa shape index (κ1) is 17.1. The van der Waals surface area contributed by atoms with E-state index in [1.54, 1.807) is 12.1 Å². The van der Waals surface area contributed by atoms with Crippen LogP contribution in [-0.4, -0.2) is 8.07 Å². The minimum absolute atomic E-state index is 0. The fourth-order valence-electron chi connectivity index (χ4n) is 1.79. The van der Waals surface area contributed by atoms with Gasteiger partial charge in [-0.1, -0.05) is 73.8 Å². The van der Waals surface area contributed by atoms with E-state index in [2.05, 4.69) is 31.1 Å². The summed E-state index contributed by atoms with van der Waals surface area (Å²) in [5, 5.41) is 12.1. The maximum atomic E-state index is 12.1. The molecule has 3 heteroatoms. The largest absolute Gasteiger partial charge is 1.00 e. The summed E-state index contributed by atoms with van der Waals surface area (Å²) in [5.74, 6) is 3.24. The third kappa shape index (κ3) is 4.54. The van der Waals surface area contributed by atoms with Gasteiger partial charge >= 0.3 is 29.6 Å². The summed E-state index contributed by atoms with van der Waals surface area (Å²) >= 11 is 0. The van der Waals surface area contributed by atoms with Crippen molar-refractivity contribution in [1.82, 2.24) is 0 Å². The number of benzene rings is 2. The van der Waals surface area contributed by atoms with Crippen molar-refractivity contribution in [2.45, 2.75) is 19.6 Å².